The van der Waals surface area contributed by atoms with Crippen LogP contribution in [0.3, 0.4) is 0 Å². The van der Waals surface area contributed by atoms with Gasteiger partial charge in [0.25, 0.3) is 0 Å². The van der Waals surface area contributed by atoms with Crippen molar-refractivity contribution in [3.8, 4) is 11.5 Å². The van der Waals surface area contributed by atoms with E-state index in [4.69, 9.17) is 16.6 Å². The van der Waals surface area contributed by atoms with Gasteiger partial charge in [0, 0.05) is 19.3 Å². The molecule has 0 bridgehead atoms. The Bertz CT molecular complexity index is 1760. The summed E-state index contributed by atoms with van der Waals surface area (Å²) >= 11 is 0. The van der Waals surface area contributed by atoms with Gasteiger partial charge in [-0.3, -0.25) is 33.6 Å². The molecule has 22 heteroatoms. The molecule has 0 heterocycles. The summed E-state index contributed by atoms with van der Waals surface area (Å²) in [5.41, 5.74) is 11.5. The highest BCUT2D eigenvalue weighted by Crippen LogP contribution is 2.14. The van der Waals surface area contributed by atoms with Crippen molar-refractivity contribution in [3.63, 3.8) is 0 Å². The molecule has 0 aliphatic heterocycles. The minimum atomic E-state index is -1.79. The Morgan fingerprint density at radius 2 is 1.00 bits per heavy atom. The molecule has 2 rings (SSSR count). The van der Waals surface area contributed by atoms with Crippen molar-refractivity contribution in [2.45, 2.75) is 87.9 Å². The molecule has 0 radical (unpaired) electrons. The number of aliphatic hydroxyl groups excluding tert-OH is 3. The first kappa shape index (κ1) is 47.8. The van der Waals surface area contributed by atoms with Crippen LogP contribution in [0.25, 0.3) is 0 Å². The Morgan fingerprint density at radius 1 is 0.586 bits per heavy atom. The van der Waals surface area contributed by atoms with E-state index in [1.54, 1.807) is 0 Å². The number of phenolic OH excluding ortho intramolecular Hbond substituents is 2. The summed E-state index contributed by atoms with van der Waals surface area (Å²) in [5.74, 6) is -8.83. The van der Waals surface area contributed by atoms with Crippen LogP contribution in [0.2, 0.25) is 0 Å². The molecular weight excluding hydrogens is 768 g/mol. The molecule has 16 N–H and O–H groups in total. The van der Waals surface area contributed by atoms with Gasteiger partial charge in [0.1, 0.15) is 47.8 Å². The van der Waals surface area contributed by atoms with Crippen LogP contribution in [0.1, 0.15) is 37.8 Å². The van der Waals surface area contributed by atoms with Crippen LogP contribution >= 0.6 is 0 Å². The summed E-state index contributed by atoms with van der Waals surface area (Å²) in [5, 5.41) is 71.7. The standard InChI is InChI=1S/C36H50N8O14/c1-17(39-31(52)23(37)15-45)30(51)43-27(16-46)35(56)42-25(13-19-3-7-21(48)8-4-19)33(54)40-24(11-12-28(38)50)32(53)41-26(14-20-5-9-22(49)10-6-20)34(55)44-29(18(2)47)36(57)58/h3-10,17-18,23-27,29,45-49H,11-16,37H2,1-2H3,(H2,38,50)(H,39,52)(H,40,54)(H,41,53)(H,42,56)(H,43,51)(H,44,55)(H,57,58)/t17-,18+,23-,24-,25-,26-,27-,29-/m0/s1. The number of hydrogen-bond donors (Lipinski definition) is 14. The molecule has 58 heavy (non-hydrogen) atoms. The van der Waals surface area contributed by atoms with Crippen LogP contribution in [0.15, 0.2) is 48.5 Å². The third-order valence-corrected chi connectivity index (χ3v) is 8.48. The lowest BCUT2D eigenvalue weighted by Crippen LogP contribution is -2.61. The highest BCUT2D eigenvalue weighted by Gasteiger charge is 2.34. The zero-order valence-electron chi connectivity index (χ0n) is 31.6. The first-order chi connectivity index (χ1) is 27.2. The van der Waals surface area contributed by atoms with E-state index in [-0.39, 0.29) is 24.3 Å². The third-order valence-electron chi connectivity index (χ3n) is 8.48. The van der Waals surface area contributed by atoms with Gasteiger partial charge >= 0.3 is 5.97 Å². The molecule has 0 aliphatic rings. The zero-order chi connectivity index (χ0) is 43.7. The Hall–Kier alpha value is -6.36. The maximum absolute atomic E-state index is 13.9. The molecule has 8 atom stereocenters. The summed E-state index contributed by atoms with van der Waals surface area (Å²) in [6.45, 7) is 0.639. The molecule has 0 fully saturated rings. The summed E-state index contributed by atoms with van der Waals surface area (Å²) in [6.07, 6.45) is -3.06. The molecule has 0 aromatic heterocycles. The van der Waals surface area contributed by atoms with E-state index in [9.17, 15) is 63.9 Å². The van der Waals surface area contributed by atoms with Gasteiger partial charge in [-0.25, -0.2) is 4.79 Å². The van der Waals surface area contributed by atoms with Crippen molar-refractivity contribution in [1.82, 2.24) is 31.9 Å². The first-order valence-corrected chi connectivity index (χ1v) is 17.8. The predicted octanol–water partition coefficient (Wildman–Crippen LogP) is -5.15. The van der Waals surface area contributed by atoms with Crippen molar-refractivity contribution in [1.29, 1.82) is 0 Å². The Morgan fingerprint density at radius 3 is 1.41 bits per heavy atom. The lowest BCUT2D eigenvalue weighted by molar-refractivity contribution is -0.145. The fourth-order valence-electron chi connectivity index (χ4n) is 5.13. The smallest absolute Gasteiger partial charge is 0.328 e. The summed E-state index contributed by atoms with van der Waals surface area (Å²) < 4.78 is 0. The molecule has 7 amide bonds. The number of aliphatic hydroxyl groups is 3. The number of phenols is 2. The second-order valence-electron chi connectivity index (χ2n) is 13.3. The van der Waals surface area contributed by atoms with E-state index >= 15 is 0 Å². The summed E-state index contributed by atoms with van der Waals surface area (Å²) in [6, 6.07) is -0.0821. The molecule has 2 aromatic rings. The number of nitrogens with one attached hydrogen (secondary N) is 6. The van der Waals surface area contributed by atoms with Crippen LogP contribution in [0.4, 0.5) is 0 Å². The molecule has 0 unspecified atom stereocenters. The maximum atomic E-state index is 13.9. The SMILES string of the molecule is C[C@H](NC(=O)[C@@H](N)CO)C(=O)N[C@@H](CO)C(=O)N[C@@H](Cc1ccc(O)cc1)C(=O)N[C@@H](CCC(N)=O)C(=O)N[C@@H](Cc1ccc(O)cc1)C(=O)N[C@H](C(=O)O)[C@@H](C)O. The maximum Gasteiger partial charge on any atom is 0.328 e. The van der Waals surface area contributed by atoms with Gasteiger partial charge in [-0.1, -0.05) is 24.3 Å². The average Bonchev–Trinajstić information content (AvgIpc) is 3.17. The fourth-order valence-corrected chi connectivity index (χ4v) is 5.13. The highest BCUT2D eigenvalue weighted by atomic mass is 16.4. The second-order valence-corrected chi connectivity index (χ2v) is 13.3. The van der Waals surface area contributed by atoms with Gasteiger partial charge in [-0.15, -0.1) is 0 Å². The minimum Gasteiger partial charge on any atom is -0.508 e. The van der Waals surface area contributed by atoms with Crippen molar-refractivity contribution >= 4 is 47.3 Å². The normalized spacial score (nSPS) is 15.1. The van der Waals surface area contributed by atoms with Crippen LogP contribution in [0, 0.1) is 0 Å². The van der Waals surface area contributed by atoms with Crippen LogP contribution < -0.4 is 43.4 Å². The van der Waals surface area contributed by atoms with E-state index < -0.39 is 122 Å². The number of benzene rings is 2. The topological polar surface area (TPSA) is 382 Å². The van der Waals surface area contributed by atoms with Crippen molar-refractivity contribution in [2.24, 2.45) is 11.5 Å². The van der Waals surface area contributed by atoms with Crippen LogP contribution in [0.5, 0.6) is 11.5 Å². The predicted molar refractivity (Wildman–Crippen MR) is 201 cm³/mol. The minimum absolute atomic E-state index is 0.118. The van der Waals surface area contributed by atoms with E-state index in [0.29, 0.717) is 11.1 Å². The number of carboxylic acids is 1. The fraction of sp³-hybridized carbons (Fsp3) is 0.444. The Balaban J connectivity index is 2.42. The van der Waals surface area contributed by atoms with Crippen LogP contribution in [-0.2, 0) is 51.2 Å². The average molecular weight is 819 g/mol. The first-order valence-electron chi connectivity index (χ1n) is 17.8. The molecule has 22 nitrogen and oxygen atoms in total. The number of amides is 7. The summed E-state index contributed by atoms with van der Waals surface area (Å²) in [4.78, 5) is 103. The molecule has 2 aromatic carbocycles. The number of carbonyl (C=O) groups is 8. The number of aliphatic carboxylic acids is 1. The quantitative estimate of drug-likeness (QED) is 0.0499. The highest BCUT2D eigenvalue weighted by molar-refractivity contribution is 5.97. The molecule has 0 spiro atoms. The molecule has 0 saturated heterocycles. The van der Waals surface area contributed by atoms with E-state index in [2.05, 4.69) is 31.9 Å². The van der Waals surface area contributed by atoms with Gasteiger partial charge in [-0.2, -0.15) is 0 Å². The van der Waals surface area contributed by atoms with E-state index in [1.165, 1.54) is 55.5 Å². The van der Waals surface area contributed by atoms with Crippen molar-refractivity contribution in [3.05, 3.63) is 59.7 Å². The number of primary amides is 1. The largest absolute Gasteiger partial charge is 0.508 e. The lowest BCUT2D eigenvalue weighted by Gasteiger charge is -2.27. The number of carbonyl (C=O) groups excluding carboxylic acids is 7. The molecule has 318 valence electrons. The lowest BCUT2D eigenvalue weighted by atomic mass is 10.0. The van der Waals surface area contributed by atoms with E-state index in [0.717, 1.165) is 6.92 Å². The van der Waals surface area contributed by atoms with Gasteiger partial charge in [0.15, 0.2) is 6.04 Å². The van der Waals surface area contributed by atoms with Crippen molar-refractivity contribution in [2.75, 3.05) is 13.2 Å². The summed E-state index contributed by atoms with van der Waals surface area (Å²) in [7, 11) is 0. The zero-order valence-corrected chi connectivity index (χ0v) is 31.6. The molecule has 0 saturated carbocycles. The Kier molecular flexibility index (Phi) is 19.0. The second kappa shape index (κ2) is 23.0. The Labute approximate surface area is 331 Å². The number of rotatable bonds is 23. The number of nitrogens with two attached hydrogens (primary N) is 2. The van der Waals surface area contributed by atoms with Gasteiger partial charge in [0.2, 0.25) is 41.4 Å². The van der Waals surface area contributed by atoms with Gasteiger partial charge < -0.3 is 74.0 Å². The number of aromatic hydroxyl groups is 2. The monoisotopic (exact) mass is 818 g/mol. The van der Waals surface area contributed by atoms with Crippen molar-refractivity contribution < 1.29 is 69.0 Å². The van der Waals surface area contributed by atoms with Gasteiger partial charge in [0.05, 0.1) is 19.3 Å². The molecule has 0 aliphatic carbocycles. The molecular formula is C36H50N8O14. The number of hydrogen-bond acceptors (Lipinski definition) is 14. The van der Waals surface area contributed by atoms with E-state index in [1.807, 2.05) is 0 Å². The van der Waals surface area contributed by atoms with Gasteiger partial charge in [-0.05, 0) is 55.7 Å². The van der Waals surface area contributed by atoms with Crippen LogP contribution in [-0.4, -0.2) is 140 Å². The number of carboxylic acid groups (broad SMARTS) is 1. The third kappa shape index (κ3) is 15.6.